The van der Waals surface area contributed by atoms with E-state index < -0.39 is 5.91 Å². The number of hydrogen-bond acceptors (Lipinski definition) is 5. The highest BCUT2D eigenvalue weighted by molar-refractivity contribution is 5.76. The van der Waals surface area contributed by atoms with Crippen molar-refractivity contribution in [1.82, 2.24) is 9.80 Å². The lowest BCUT2D eigenvalue weighted by Crippen LogP contribution is -2.51. The zero-order valence-corrected chi connectivity index (χ0v) is 16.2. The summed E-state index contributed by atoms with van der Waals surface area (Å²) in [6, 6.07) is 8.40. The number of rotatable bonds is 8. The van der Waals surface area contributed by atoms with Gasteiger partial charge in [0.2, 0.25) is 5.91 Å². The molecule has 0 aliphatic carbocycles. The van der Waals surface area contributed by atoms with E-state index in [1.165, 1.54) is 5.56 Å². The summed E-state index contributed by atoms with van der Waals surface area (Å²) in [6.45, 7) is 6.02. The van der Waals surface area contributed by atoms with Gasteiger partial charge in [-0.25, -0.2) is 4.90 Å². The first kappa shape index (κ1) is 20.4. The number of methoxy groups -OCH3 is 2. The van der Waals surface area contributed by atoms with Crippen LogP contribution >= 0.6 is 0 Å². The van der Waals surface area contributed by atoms with Crippen LogP contribution in [-0.4, -0.2) is 63.3 Å². The van der Waals surface area contributed by atoms with Crippen LogP contribution in [0.4, 0.5) is 0 Å². The van der Waals surface area contributed by atoms with E-state index in [2.05, 4.69) is 38.1 Å². The molecule has 5 nitrogen and oxygen atoms in total. The Balaban J connectivity index is 3.02. The molecule has 0 N–H and O–H groups in total. The second kappa shape index (κ2) is 8.97. The Labute approximate surface area is 146 Å². The molecule has 0 aliphatic rings. The number of ether oxygens (including phenoxy) is 2. The summed E-state index contributed by atoms with van der Waals surface area (Å²) in [5.41, 5.74) is 3.23. The molecule has 134 valence electrons. The van der Waals surface area contributed by atoms with Crippen molar-refractivity contribution in [1.29, 1.82) is 0 Å². The summed E-state index contributed by atoms with van der Waals surface area (Å²) < 4.78 is 10.9. The molecule has 0 aromatic heterocycles. The molecule has 0 heterocycles. The monoisotopic (exact) mass is 333 g/mol. The highest BCUT2D eigenvalue weighted by Gasteiger charge is 2.31. The second-order valence-corrected chi connectivity index (χ2v) is 6.28. The molecule has 5 heteroatoms. The van der Waals surface area contributed by atoms with Crippen LogP contribution in [0.3, 0.4) is 0 Å². The average molecular weight is 333 g/mol. The van der Waals surface area contributed by atoms with Crippen molar-refractivity contribution >= 4 is 11.9 Å². The lowest BCUT2D eigenvalue weighted by Gasteiger charge is -2.38. The molecule has 1 aromatic carbocycles. The number of aliphatic imine (C=N–C) groups is 1. The van der Waals surface area contributed by atoms with Crippen LogP contribution in [0.15, 0.2) is 35.5 Å². The number of nitrogens with zero attached hydrogens (tertiary/aromatic N) is 3. The summed E-state index contributed by atoms with van der Waals surface area (Å²) in [4.78, 5) is 8.69. The Hall–Kier alpha value is -1.69. The van der Waals surface area contributed by atoms with Gasteiger partial charge in [0.25, 0.3) is 0 Å². The molecular formula is C19H31N3O2. The van der Waals surface area contributed by atoms with Gasteiger partial charge >= 0.3 is 0 Å². The van der Waals surface area contributed by atoms with Crippen LogP contribution in [0.2, 0.25) is 0 Å². The molecule has 0 radical (unpaired) electrons. The van der Waals surface area contributed by atoms with Crippen molar-refractivity contribution in [2.24, 2.45) is 4.99 Å². The van der Waals surface area contributed by atoms with Gasteiger partial charge in [-0.15, -0.1) is 0 Å². The Morgan fingerprint density at radius 3 is 2.12 bits per heavy atom. The van der Waals surface area contributed by atoms with Crippen LogP contribution < -0.4 is 0 Å². The van der Waals surface area contributed by atoms with Gasteiger partial charge in [-0.1, -0.05) is 29.8 Å². The molecule has 0 fully saturated rings. The maximum absolute atomic E-state index is 5.46. The lowest BCUT2D eigenvalue weighted by atomic mass is 10.1. The fraction of sp³-hybridized carbons (Fsp3) is 0.526. The van der Waals surface area contributed by atoms with E-state index in [9.17, 15) is 0 Å². The van der Waals surface area contributed by atoms with E-state index in [4.69, 9.17) is 14.5 Å². The van der Waals surface area contributed by atoms with Gasteiger partial charge in [-0.05, 0) is 20.9 Å². The minimum atomic E-state index is -0.791. The van der Waals surface area contributed by atoms with Gasteiger partial charge in [-0.2, -0.15) is 0 Å². The second-order valence-electron chi connectivity index (χ2n) is 6.28. The Bertz CT molecular complexity index is 560. The summed E-state index contributed by atoms with van der Waals surface area (Å²) in [7, 11) is 9.20. The van der Waals surface area contributed by atoms with E-state index in [0.29, 0.717) is 0 Å². The molecule has 0 saturated heterocycles. The van der Waals surface area contributed by atoms with E-state index in [0.717, 1.165) is 11.3 Å². The van der Waals surface area contributed by atoms with Crippen LogP contribution in [0.25, 0.3) is 5.70 Å². The highest BCUT2D eigenvalue weighted by atomic mass is 16.7. The van der Waals surface area contributed by atoms with Gasteiger partial charge in [0.15, 0.2) is 0 Å². The third-order valence-electron chi connectivity index (χ3n) is 4.17. The minimum absolute atomic E-state index is 0.0333. The third kappa shape index (κ3) is 5.44. The molecule has 0 aliphatic heterocycles. The summed E-state index contributed by atoms with van der Waals surface area (Å²) >= 11 is 0. The summed E-state index contributed by atoms with van der Waals surface area (Å²) in [5, 5.41) is 0. The van der Waals surface area contributed by atoms with Crippen molar-refractivity contribution in [2.45, 2.75) is 32.7 Å². The third-order valence-corrected chi connectivity index (χ3v) is 4.17. The van der Waals surface area contributed by atoms with Crippen LogP contribution in [-0.2, 0) is 9.47 Å². The van der Waals surface area contributed by atoms with Crippen molar-refractivity contribution in [2.75, 3.05) is 35.4 Å². The Kier molecular flexibility index (Phi) is 7.60. The quantitative estimate of drug-likeness (QED) is 0.541. The van der Waals surface area contributed by atoms with Crippen molar-refractivity contribution in [3.05, 3.63) is 41.6 Å². The molecule has 0 saturated carbocycles. The molecule has 0 bridgehead atoms. The highest BCUT2D eigenvalue weighted by Crippen LogP contribution is 2.19. The van der Waals surface area contributed by atoms with E-state index in [-0.39, 0.29) is 6.04 Å². The molecule has 1 aromatic rings. The number of benzene rings is 1. The lowest BCUT2D eigenvalue weighted by molar-refractivity contribution is -0.280. The maximum Gasteiger partial charge on any atom is 0.226 e. The predicted octanol–water partition coefficient (Wildman–Crippen LogP) is 3.21. The van der Waals surface area contributed by atoms with Crippen LogP contribution in [0, 0.1) is 6.92 Å². The molecule has 24 heavy (non-hydrogen) atoms. The summed E-state index contributed by atoms with van der Waals surface area (Å²) in [5.74, 6) is -0.791. The van der Waals surface area contributed by atoms with E-state index in [1.807, 2.05) is 50.3 Å². The number of hydrogen-bond donors (Lipinski definition) is 0. The van der Waals surface area contributed by atoms with Crippen LogP contribution in [0.5, 0.6) is 0 Å². The average Bonchev–Trinajstić information content (AvgIpc) is 2.57. The van der Waals surface area contributed by atoms with Gasteiger partial charge in [0, 0.05) is 59.3 Å². The zero-order chi connectivity index (χ0) is 18.3. The van der Waals surface area contributed by atoms with E-state index in [1.54, 1.807) is 14.2 Å². The number of aryl methyl sites for hydroxylation is 1. The fourth-order valence-electron chi connectivity index (χ4n) is 2.18. The topological polar surface area (TPSA) is 37.3 Å². The fourth-order valence-corrected chi connectivity index (χ4v) is 2.18. The van der Waals surface area contributed by atoms with Gasteiger partial charge in [-0.3, -0.25) is 4.99 Å². The minimum Gasteiger partial charge on any atom is -0.382 e. The first-order valence-electron chi connectivity index (χ1n) is 8.06. The van der Waals surface area contributed by atoms with Gasteiger partial charge in [0.05, 0.1) is 5.70 Å². The summed E-state index contributed by atoms with van der Waals surface area (Å²) in [6.07, 6.45) is 3.92. The van der Waals surface area contributed by atoms with E-state index >= 15 is 0 Å². The standard InChI is InChI=1S/C19H31N3O2/c1-15-9-11-17(12-10-15)18(14-21(4)5)20-13-16(2)22(6)19(3,23-7)24-8/h9-14,16H,1-8H3/b18-14-,20-13?/t16-/m1/s1. The van der Waals surface area contributed by atoms with Gasteiger partial charge in [0.1, 0.15) is 0 Å². The maximum atomic E-state index is 5.46. The molecule has 0 amide bonds. The van der Waals surface area contributed by atoms with Gasteiger partial charge < -0.3 is 14.4 Å². The zero-order valence-electron chi connectivity index (χ0n) is 16.2. The Morgan fingerprint density at radius 2 is 1.67 bits per heavy atom. The molecule has 1 rings (SSSR count). The largest absolute Gasteiger partial charge is 0.382 e. The van der Waals surface area contributed by atoms with Crippen LogP contribution in [0.1, 0.15) is 25.0 Å². The molecular weight excluding hydrogens is 302 g/mol. The molecule has 0 spiro atoms. The van der Waals surface area contributed by atoms with Crippen molar-refractivity contribution in [3.8, 4) is 0 Å². The first-order chi connectivity index (χ1) is 11.2. The van der Waals surface area contributed by atoms with Crippen molar-refractivity contribution < 1.29 is 9.47 Å². The Morgan fingerprint density at radius 1 is 1.12 bits per heavy atom. The predicted molar refractivity (Wildman–Crippen MR) is 101 cm³/mol. The molecule has 0 unspecified atom stereocenters. The smallest absolute Gasteiger partial charge is 0.226 e. The molecule has 1 atom stereocenters. The first-order valence-corrected chi connectivity index (χ1v) is 8.06. The SMILES string of the molecule is COC(C)(OC)N(C)[C@H](C)C=N/C(=C\N(C)C)c1ccc(C)cc1. The van der Waals surface area contributed by atoms with Crippen molar-refractivity contribution in [3.63, 3.8) is 0 Å². The normalized spacial score (nSPS) is 14.5.